The zero-order valence-electron chi connectivity index (χ0n) is 8.04. The molecule has 16 heavy (non-hydrogen) atoms. The van der Waals surface area contributed by atoms with Crippen molar-refractivity contribution in [2.75, 3.05) is 7.11 Å². The first kappa shape index (κ1) is 12.3. The molecule has 0 saturated heterocycles. The lowest BCUT2D eigenvalue weighted by Gasteiger charge is -2.07. The molecule has 0 radical (unpaired) electrons. The van der Waals surface area contributed by atoms with Gasteiger partial charge in [0.2, 0.25) is 0 Å². The van der Waals surface area contributed by atoms with Crippen LogP contribution in [0.4, 0.5) is 0 Å². The van der Waals surface area contributed by atoms with Gasteiger partial charge in [-0.25, -0.2) is 4.79 Å². The number of hydrogen-bond donors (Lipinski definition) is 3. The number of hydrogen-bond acceptors (Lipinski definition) is 5. The van der Waals surface area contributed by atoms with Crippen LogP contribution < -0.4 is 4.74 Å². The van der Waals surface area contributed by atoms with Crippen molar-refractivity contribution in [2.24, 2.45) is 0 Å². The van der Waals surface area contributed by atoms with Crippen LogP contribution in [-0.2, 0) is 10.1 Å². The molecular weight excluding hydrogens is 240 g/mol. The summed E-state index contributed by atoms with van der Waals surface area (Å²) in [7, 11) is -3.44. The van der Waals surface area contributed by atoms with Gasteiger partial charge in [-0.05, 0) is 6.07 Å². The summed E-state index contributed by atoms with van der Waals surface area (Å²) in [5.41, 5.74) is -0.674. The van der Waals surface area contributed by atoms with Gasteiger partial charge in [0.25, 0.3) is 10.1 Å². The van der Waals surface area contributed by atoms with E-state index in [0.717, 1.165) is 13.2 Å². The van der Waals surface area contributed by atoms with Gasteiger partial charge in [0.15, 0.2) is 11.5 Å². The fraction of sp³-hybridized carbons (Fsp3) is 0.125. The Hall–Kier alpha value is -1.80. The Kier molecular flexibility index (Phi) is 3.06. The third-order valence-corrected chi connectivity index (χ3v) is 2.63. The molecule has 0 atom stereocenters. The molecule has 0 aromatic heterocycles. The predicted octanol–water partition coefficient (Wildman–Crippen LogP) is 0.346. The van der Waals surface area contributed by atoms with E-state index in [1.54, 1.807) is 0 Å². The molecule has 0 amide bonds. The molecule has 88 valence electrons. The first-order chi connectivity index (χ1) is 7.27. The number of rotatable bonds is 3. The van der Waals surface area contributed by atoms with E-state index in [-0.39, 0.29) is 5.75 Å². The molecule has 7 nitrogen and oxygen atoms in total. The predicted molar refractivity (Wildman–Crippen MR) is 51.4 cm³/mol. The van der Waals surface area contributed by atoms with Gasteiger partial charge in [0, 0.05) is 6.07 Å². The number of aromatic carboxylic acids is 1. The quantitative estimate of drug-likeness (QED) is 0.659. The van der Waals surface area contributed by atoms with E-state index in [0.29, 0.717) is 6.07 Å². The molecule has 1 aromatic rings. The van der Waals surface area contributed by atoms with Crippen molar-refractivity contribution in [3.63, 3.8) is 0 Å². The Morgan fingerprint density at radius 3 is 2.31 bits per heavy atom. The highest BCUT2D eigenvalue weighted by Gasteiger charge is 2.21. The molecule has 0 aliphatic rings. The molecule has 0 spiro atoms. The second-order valence-corrected chi connectivity index (χ2v) is 4.22. The summed E-state index contributed by atoms with van der Waals surface area (Å²) < 4.78 is 35.0. The lowest BCUT2D eigenvalue weighted by atomic mass is 10.2. The van der Waals surface area contributed by atoms with Crippen molar-refractivity contribution in [2.45, 2.75) is 4.90 Å². The highest BCUT2D eigenvalue weighted by molar-refractivity contribution is 7.85. The van der Waals surface area contributed by atoms with Gasteiger partial charge in [-0.15, -0.1) is 0 Å². The van der Waals surface area contributed by atoms with Gasteiger partial charge in [-0.2, -0.15) is 8.42 Å². The van der Waals surface area contributed by atoms with Crippen LogP contribution >= 0.6 is 0 Å². The van der Waals surface area contributed by atoms with E-state index >= 15 is 0 Å². The van der Waals surface area contributed by atoms with Crippen molar-refractivity contribution < 1.29 is 32.7 Å². The summed E-state index contributed by atoms with van der Waals surface area (Å²) in [6, 6.07) is 1.45. The first-order valence-electron chi connectivity index (χ1n) is 3.89. The Bertz CT molecular complexity index is 532. The fourth-order valence-corrected chi connectivity index (χ4v) is 1.57. The monoisotopic (exact) mass is 248 g/mol. The number of carbonyl (C=O) groups is 1. The normalized spacial score (nSPS) is 11.1. The van der Waals surface area contributed by atoms with Gasteiger partial charge >= 0.3 is 5.97 Å². The van der Waals surface area contributed by atoms with Gasteiger partial charge in [-0.1, -0.05) is 0 Å². The Morgan fingerprint density at radius 2 is 1.94 bits per heavy atom. The van der Waals surface area contributed by atoms with Crippen molar-refractivity contribution in [1.82, 2.24) is 0 Å². The maximum atomic E-state index is 10.8. The molecule has 0 unspecified atom stereocenters. The first-order valence-corrected chi connectivity index (χ1v) is 5.33. The summed E-state index contributed by atoms with van der Waals surface area (Å²) >= 11 is 0. The van der Waals surface area contributed by atoms with E-state index in [9.17, 15) is 18.3 Å². The number of benzene rings is 1. The molecule has 0 aliphatic heterocycles. The molecule has 1 aromatic carbocycles. The maximum Gasteiger partial charge on any atom is 0.339 e. The number of aromatic hydroxyl groups is 1. The third kappa shape index (κ3) is 2.23. The zero-order valence-corrected chi connectivity index (χ0v) is 8.85. The van der Waals surface area contributed by atoms with Crippen LogP contribution in [0.3, 0.4) is 0 Å². The number of phenols is 1. The Morgan fingerprint density at radius 1 is 1.38 bits per heavy atom. The molecule has 0 aliphatic carbocycles. The Labute approximate surface area is 90.7 Å². The van der Waals surface area contributed by atoms with Crippen LogP contribution in [0.15, 0.2) is 17.0 Å². The Balaban J connectivity index is 3.59. The molecule has 0 heterocycles. The summed E-state index contributed by atoms with van der Waals surface area (Å²) in [6.07, 6.45) is 0. The molecule has 1 rings (SSSR count). The van der Waals surface area contributed by atoms with Crippen LogP contribution in [0.25, 0.3) is 0 Å². The summed E-state index contributed by atoms with van der Waals surface area (Å²) in [5.74, 6) is -2.60. The molecule has 0 bridgehead atoms. The van der Waals surface area contributed by atoms with Crippen LogP contribution in [0.2, 0.25) is 0 Å². The number of carboxylic acid groups (broad SMARTS) is 1. The van der Waals surface area contributed by atoms with Crippen LogP contribution in [-0.4, -0.2) is 36.3 Å². The minimum absolute atomic E-state index is 0.354. The van der Waals surface area contributed by atoms with E-state index in [1.807, 2.05) is 0 Å². The van der Waals surface area contributed by atoms with E-state index in [2.05, 4.69) is 4.74 Å². The largest absolute Gasteiger partial charge is 0.504 e. The van der Waals surface area contributed by atoms with Crippen LogP contribution in [0, 0.1) is 0 Å². The second-order valence-electron chi connectivity index (χ2n) is 2.80. The van der Waals surface area contributed by atoms with Crippen molar-refractivity contribution >= 4 is 16.1 Å². The summed E-state index contributed by atoms with van der Waals surface area (Å²) in [4.78, 5) is 10.0. The second kappa shape index (κ2) is 3.99. The molecule has 0 fully saturated rings. The van der Waals surface area contributed by atoms with Crippen LogP contribution in [0.5, 0.6) is 11.5 Å². The van der Waals surface area contributed by atoms with Crippen LogP contribution in [0.1, 0.15) is 10.4 Å². The average molecular weight is 248 g/mol. The van der Waals surface area contributed by atoms with E-state index in [1.165, 1.54) is 0 Å². The summed E-state index contributed by atoms with van der Waals surface area (Å²) in [6.45, 7) is 0. The standard InChI is InChI=1S/C8H8O7S/c1-15-6-3-4(16(12,13)14)2-5(7(6)9)8(10)11/h2-3,9H,1H3,(H,10,11)(H,12,13,14). The number of methoxy groups -OCH3 is 1. The van der Waals surface area contributed by atoms with E-state index < -0.39 is 32.3 Å². The third-order valence-electron chi connectivity index (χ3n) is 1.80. The lowest BCUT2D eigenvalue weighted by molar-refractivity contribution is 0.0692. The highest BCUT2D eigenvalue weighted by Crippen LogP contribution is 2.32. The number of ether oxygens (including phenoxy) is 1. The zero-order chi connectivity index (χ0) is 12.5. The summed E-state index contributed by atoms with van der Waals surface area (Å²) in [5, 5.41) is 18.1. The molecule has 8 heteroatoms. The van der Waals surface area contributed by atoms with Gasteiger partial charge < -0.3 is 14.9 Å². The smallest absolute Gasteiger partial charge is 0.339 e. The maximum absolute atomic E-state index is 10.8. The van der Waals surface area contributed by atoms with Gasteiger partial charge in [-0.3, -0.25) is 4.55 Å². The van der Waals surface area contributed by atoms with Crippen molar-refractivity contribution in [3.8, 4) is 11.5 Å². The molecular formula is C8H8O7S. The van der Waals surface area contributed by atoms with Crippen molar-refractivity contribution in [3.05, 3.63) is 17.7 Å². The lowest BCUT2D eigenvalue weighted by Crippen LogP contribution is -2.04. The minimum Gasteiger partial charge on any atom is -0.504 e. The van der Waals surface area contributed by atoms with E-state index in [4.69, 9.17) is 9.66 Å². The highest BCUT2D eigenvalue weighted by atomic mass is 32.2. The SMILES string of the molecule is COc1cc(S(=O)(=O)O)cc(C(=O)O)c1O. The molecule has 0 saturated carbocycles. The minimum atomic E-state index is -4.56. The molecule has 3 N–H and O–H groups in total. The number of carboxylic acids is 1. The fourth-order valence-electron chi connectivity index (χ4n) is 1.05. The van der Waals surface area contributed by atoms with Gasteiger partial charge in [0.1, 0.15) is 5.56 Å². The average Bonchev–Trinajstić information content (AvgIpc) is 2.15. The topological polar surface area (TPSA) is 121 Å². The van der Waals surface area contributed by atoms with Gasteiger partial charge in [0.05, 0.1) is 12.0 Å². The van der Waals surface area contributed by atoms with Crippen molar-refractivity contribution in [1.29, 1.82) is 0 Å².